The van der Waals surface area contributed by atoms with Gasteiger partial charge in [-0.2, -0.15) is 0 Å². The van der Waals surface area contributed by atoms with Crippen molar-refractivity contribution in [2.24, 2.45) is 5.41 Å². The lowest BCUT2D eigenvalue weighted by Crippen LogP contribution is -2.46. The van der Waals surface area contributed by atoms with E-state index < -0.39 is 18.0 Å². The number of rotatable bonds is 6. The summed E-state index contributed by atoms with van der Waals surface area (Å²) in [5.41, 5.74) is -0.407. The molecule has 9 nitrogen and oxygen atoms in total. The van der Waals surface area contributed by atoms with E-state index in [0.29, 0.717) is 31.2 Å². The van der Waals surface area contributed by atoms with Crippen LogP contribution in [0, 0.1) is 5.41 Å². The van der Waals surface area contributed by atoms with Crippen molar-refractivity contribution in [1.29, 1.82) is 0 Å². The maximum Gasteiger partial charge on any atom is 0.340 e. The van der Waals surface area contributed by atoms with Gasteiger partial charge in [0.05, 0.1) is 38.2 Å². The normalized spacial score (nSPS) is 16.6. The molecular formula is C21H30N2O7. The van der Waals surface area contributed by atoms with Gasteiger partial charge in [0.15, 0.2) is 18.1 Å². The number of methoxy groups -OCH3 is 2. The van der Waals surface area contributed by atoms with Crippen LogP contribution in [0.4, 0.5) is 5.69 Å². The highest BCUT2D eigenvalue weighted by molar-refractivity contribution is 6.04. The van der Waals surface area contributed by atoms with E-state index >= 15 is 0 Å². The Morgan fingerprint density at radius 1 is 1.17 bits per heavy atom. The van der Waals surface area contributed by atoms with Crippen molar-refractivity contribution in [3.63, 3.8) is 0 Å². The van der Waals surface area contributed by atoms with Gasteiger partial charge in [0.1, 0.15) is 0 Å². The maximum atomic E-state index is 12.8. The highest BCUT2D eigenvalue weighted by Gasteiger charge is 2.27. The third-order valence-corrected chi connectivity index (χ3v) is 4.59. The number of benzene rings is 1. The summed E-state index contributed by atoms with van der Waals surface area (Å²) in [6.45, 7) is 8.06. The molecule has 1 heterocycles. The summed E-state index contributed by atoms with van der Waals surface area (Å²) < 4.78 is 21.2. The maximum absolute atomic E-state index is 12.8. The molecule has 1 saturated heterocycles. The van der Waals surface area contributed by atoms with Crippen molar-refractivity contribution in [1.82, 2.24) is 4.90 Å². The van der Waals surface area contributed by atoms with Gasteiger partial charge in [0.25, 0.3) is 5.91 Å². The Bertz CT molecular complexity index is 801. The van der Waals surface area contributed by atoms with Gasteiger partial charge >= 0.3 is 5.97 Å². The lowest BCUT2D eigenvalue weighted by molar-refractivity contribution is -0.141. The molecule has 1 aliphatic heterocycles. The van der Waals surface area contributed by atoms with E-state index in [1.807, 2.05) is 6.92 Å². The molecule has 0 spiro atoms. The van der Waals surface area contributed by atoms with Crippen molar-refractivity contribution in [3.8, 4) is 11.5 Å². The molecule has 1 aliphatic rings. The molecule has 0 radical (unpaired) electrons. The fourth-order valence-corrected chi connectivity index (χ4v) is 2.80. The number of amides is 2. The van der Waals surface area contributed by atoms with Crippen LogP contribution < -0.4 is 14.8 Å². The van der Waals surface area contributed by atoms with Gasteiger partial charge in [-0.05, 0) is 6.92 Å². The highest BCUT2D eigenvalue weighted by atomic mass is 16.5. The van der Waals surface area contributed by atoms with E-state index in [0.717, 1.165) is 0 Å². The molecule has 1 N–H and O–H groups in total. The predicted molar refractivity (Wildman–Crippen MR) is 110 cm³/mol. The van der Waals surface area contributed by atoms with Crippen LogP contribution in [0.1, 0.15) is 38.1 Å². The number of nitrogens with zero attached hydrogens (tertiary/aromatic N) is 1. The molecule has 0 aliphatic carbocycles. The molecule has 1 fully saturated rings. The van der Waals surface area contributed by atoms with Crippen molar-refractivity contribution < 1.29 is 33.3 Å². The van der Waals surface area contributed by atoms with Crippen LogP contribution in [0.3, 0.4) is 0 Å². The van der Waals surface area contributed by atoms with E-state index in [4.69, 9.17) is 18.9 Å². The zero-order valence-corrected chi connectivity index (χ0v) is 18.4. The molecule has 2 amide bonds. The number of esters is 1. The second-order valence-electron chi connectivity index (χ2n) is 8.05. The van der Waals surface area contributed by atoms with Gasteiger partial charge in [-0.1, -0.05) is 20.8 Å². The first-order valence-electron chi connectivity index (χ1n) is 9.70. The van der Waals surface area contributed by atoms with E-state index in [9.17, 15) is 14.4 Å². The molecule has 0 saturated carbocycles. The molecule has 166 valence electrons. The standard InChI is InChI=1S/C21H30N2O7/c1-13-11-23(7-8-29-13)18(24)12-30-19(25)14-9-16(27-5)17(28-6)10-15(14)22-20(26)21(2,3)4/h9-10,13H,7-8,11-12H2,1-6H3,(H,22,26). The molecular weight excluding hydrogens is 392 g/mol. The Labute approximate surface area is 176 Å². The minimum Gasteiger partial charge on any atom is -0.493 e. The van der Waals surface area contributed by atoms with Crippen LogP contribution in [0.25, 0.3) is 0 Å². The van der Waals surface area contributed by atoms with E-state index in [1.54, 1.807) is 25.7 Å². The first-order valence-corrected chi connectivity index (χ1v) is 9.70. The first kappa shape index (κ1) is 23.5. The monoisotopic (exact) mass is 422 g/mol. The fraction of sp³-hybridized carbons (Fsp3) is 0.571. The lowest BCUT2D eigenvalue weighted by atomic mass is 9.95. The van der Waals surface area contributed by atoms with Crippen LogP contribution in [0.2, 0.25) is 0 Å². The number of hydrogen-bond acceptors (Lipinski definition) is 7. The Hall–Kier alpha value is -2.81. The summed E-state index contributed by atoms with van der Waals surface area (Å²) in [6.07, 6.45) is -0.0662. The number of anilines is 1. The zero-order valence-electron chi connectivity index (χ0n) is 18.4. The number of morpholine rings is 1. The number of carbonyl (C=O) groups excluding carboxylic acids is 3. The van der Waals surface area contributed by atoms with Crippen LogP contribution in [-0.2, 0) is 19.1 Å². The van der Waals surface area contributed by atoms with Gasteiger partial charge in [-0.25, -0.2) is 4.79 Å². The van der Waals surface area contributed by atoms with Gasteiger partial charge in [-0.3, -0.25) is 9.59 Å². The van der Waals surface area contributed by atoms with Gasteiger partial charge < -0.3 is 29.2 Å². The number of ether oxygens (including phenoxy) is 4. The van der Waals surface area contributed by atoms with Gasteiger partial charge in [0.2, 0.25) is 5.91 Å². The average Bonchev–Trinajstić information content (AvgIpc) is 2.70. The smallest absolute Gasteiger partial charge is 0.340 e. The molecule has 0 bridgehead atoms. The molecule has 9 heteroatoms. The number of hydrogen-bond donors (Lipinski definition) is 1. The summed E-state index contributed by atoms with van der Waals surface area (Å²) >= 11 is 0. The number of carbonyl (C=O) groups is 3. The van der Waals surface area contributed by atoms with E-state index in [-0.39, 0.29) is 29.2 Å². The molecule has 1 atom stereocenters. The number of nitrogens with one attached hydrogen (secondary N) is 1. The third-order valence-electron chi connectivity index (χ3n) is 4.59. The van der Waals surface area contributed by atoms with E-state index in [2.05, 4.69) is 5.32 Å². The molecule has 0 aromatic heterocycles. The molecule has 1 unspecified atom stereocenters. The Kier molecular flexibility index (Phi) is 7.66. The third kappa shape index (κ3) is 5.85. The highest BCUT2D eigenvalue weighted by Crippen LogP contribution is 2.34. The zero-order chi connectivity index (χ0) is 22.5. The summed E-state index contributed by atoms with van der Waals surface area (Å²) in [5.74, 6) is -0.709. The summed E-state index contributed by atoms with van der Waals surface area (Å²) in [7, 11) is 2.89. The van der Waals surface area contributed by atoms with Crippen LogP contribution in [0.5, 0.6) is 11.5 Å². The molecule has 1 aromatic rings. The second-order valence-corrected chi connectivity index (χ2v) is 8.05. The Balaban J connectivity index is 2.21. The Morgan fingerprint density at radius 2 is 1.80 bits per heavy atom. The van der Waals surface area contributed by atoms with Crippen LogP contribution in [-0.4, -0.2) is 69.3 Å². The minimum absolute atomic E-state index is 0.0633. The van der Waals surface area contributed by atoms with Crippen molar-refractivity contribution in [2.45, 2.75) is 33.8 Å². The molecule has 1 aromatic carbocycles. The van der Waals surface area contributed by atoms with Crippen molar-refractivity contribution in [3.05, 3.63) is 17.7 Å². The fourth-order valence-electron chi connectivity index (χ4n) is 2.80. The average molecular weight is 422 g/mol. The SMILES string of the molecule is COc1cc(NC(=O)C(C)(C)C)c(C(=O)OCC(=O)N2CCOC(C)C2)cc1OC. The summed E-state index contributed by atoms with van der Waals surface area (Å²) in [5, 5.41) is 2.73. The predicted octanol–water partition coefficient (Wildman–Crippen LogP) is 2.09. The van der Waals surface area contributed by atoms with E-state index in [1.165, 1.54) is 26.4 Å². The van der Waals surface area contributed by atoms with Crippen molar-refractivity contribution >= 4 is 23.5 Å². The van der Waals surface area contributed by atoms with Crippen LogP contribution in [0.15, 0.2) is 12.1 Å². The van der Waals surface area contributed by atoms with Crippen LogP contribution >= 0.6 is 0 Å². The van der Waals surface area contributed by atoms with Gasteiger partial charge in [0, 0.05) is 30.6 Å². The largest absolute Gasteiger partial charge is 0.493 e. The summed E-state index contributed by atoms with van der Waals surface area (Å²) in [6, 6.07) is 2.91. The quantitative estimate of drug-likeness (QED) is 0.700. The minimum atomic E-state index is -0.755. The second kappa shape index (κ2) is 9.80. The lowest BCUT2D eigenvalue weighted by Gasteiger charge is -2.31. The molecule has 30 heavy (non-hydrogen) atoms. The topological polar surface area (TPSA) is 103 Å². The first-order chi connectivity index (χ1) is 14.1. The Morgan fingerprint density at radius 3 is 2.37 bits per heavy atom. The summed E-state index contributed by atoms with van der Waals surface area (Å²) in [4.78, 5) is 39.2. The molecule has 2 rings (SSSR count). The van der Waals surface area contributed by atoms with Crippen molar-refractivity contribution in [2.75, 3.05) is 45.8 Å². The van der Waals surface area contributed by atoms with Gasteiger partial charge in [-0.15, -0.1) is 0 Å².